The predicted molar refractivity (Wildman–Crippen MR) is 83.6 cm³/mol. The second-order valence-corrected chi connectivity index (χ2v) is 5.84. The third kappa shape index (κ3) is 2.87. The number of rotatable bonds is 5. The Balaban J connectivity index is 2.43. The molecule has 8 heteroatoms. The lowest BCUT2D eigenvalue weighted by Crippen LogP contribution is -2.26. The maximum Gasteiger partial charge on any atom is 0.305 e. The lowest BCUT2D eigenvalue weighted by atomic mass is 10.2. The van der Waals surface area contributed by atoms with Gasteiger partial charge in [-0.1, -0.05) is 0 Å². The molecular formula is C14H17N3O4S. The lowest BCUT2D eigenvalue weighted by molar-refractivity contribution is -0.136. The zero-order valence-electron chi connectivity index (χ0n) is 12.6. The van der Waals surface area contributed by atoms with E-state index in [1.165, 1.54) is 0 Å². The molecule has 0 aliphatic carbocycles. The topological polar surface area (TPSA) is 101 Å². The molecule has 118 valence electrons. The van der Waals surface area contributed by atoms with Gasteiger partial charge >= 0.3 is 5.97 Å². The number of carbonyl (C=O) groups is 2. The molecule has 2 aromatic rings. The summed E-state index contributed by atoms with van der Waals surface area (Å²) < 4.78 is 1.56. The molecule has 0 atom stereocenters. The van der Waals surface area contributed by atoms with E-state index in [1.54, 1.807) is 18.4 Å². The zero-order chi connectivity index (χ0) is 16.4. The summed E-state index contributed by atoms with van der Waals surface area (Å²) in [5, 5.41) is 11.6. The van der Waals surface area contributed by atoms with E-state index in [-0.39, 0.29) is 24.4 Å². The molecule has 2 heterocycles. The zero-order valence-corrected chi connectivity index (χ0v) is 13.4. The molecule has 0 spiro atoms. The Morgan fingerprint density at radius 2 is 2.05 bits per heavy atom. The Bertz CT molecular complexity index is 807. The van der Waals surface area contributed by atoms with E-state index in [0.29, 0.717) is 33.0 Å². The molecule has 0 bridgehead atoms. The number of aryl methyl sites for hydroxylation is 2. The Morgan fingerprint density at radius 1 is 1.36 bits per heavy atom. The molecule has 22 heavy (non-hydrogen) atoms. The van der Waals surface area contributed by atoms with Crippen molar-refractivity contribution < 1.29 is 14.7 Å². The van der Waals surface area contributed by atoms with Crippen molar-refractivity contribution in [3.8, 4) is 0 Å². The standard InChI is InChI=1S/C14H17N3O4S/c1-4-17-8(3)16-13-10(14(17)21)7(2)11(22-13)12(20)15-6-5-9(18)19/h4-6H2,1-3H3,(H,15,20)(H,18,19). The van der Waals surface area contributed by atoms with Crippen molar-refractivity contribution in [2.24, 2.45) is 0 Å². The first-order chi connectivity index (χ1) is 10.4. The van der Waals surface area contributed by atoms with Crippen LogP contribution in [0.5, 0.6) is 0 Å². The number of nitrogens with one attached hydrogen (secondary N) is 1. The van der Waals surface area contributed by atoms with Gasteiger partial charge in [-0.05, 0) is 26.3 Å². The van der Waals surface area contributed by atoms with Crippen LogP contribution in [0.2, 0.25) is 0 Å². The normalized spacial score (nSPS) is 10.9. The molecule has 2 rings (SSSR count). The van der Waals surface area contributed by atoms with Crippen LogP contribution in [0.3, 0.4) is 0 Å². The predicted octanol–water partition coefficient (Wildman–Crippen LogP) is 1.30. The number of carbonyl (C=O) groups excluding carboxylic acids is 1. The summed E-state index contributed by atoms with van der Waals surface area (Å²) in [5.41, 5.74) is 0.441. The highest BCUT2D eigenvalue weighted by Crippen LogP contribution is 2.27. The highest BCUT2D eigenvalue weighted by Gasteiger charge is 2.20. The average molecular weight is 323 g/mol. The lowest BCUT2D eigenvalue weighted by Gasteiger charge is -2.05. The summed E-state index contributed by atoms with van der Waals surface area (Å²) in [6.07, 6.45) is -0.143. The molecule has 2 N–H and O–H groups in total. The number of fused-ring (bicyclic) bond motifs is 1. The van der Waals surface area contributed by atoms with Crippen LogP contribution in [0, 0.1) is 13.8 Å². The number of hydrogen-bond donors (Lipinski definition) is 2. The van der Waals surface area contributed by atoms with Crippen LogP contribution in [-0.2, 0) is 11.3 Å². The fraction of sp³-hybridized carbons (Fsp3) is 0.429. The van der Waals surface area contributed by atoms with Gasteiger partial charge in [0.2, 0.25) is 0 Å². The van der Waals surface area contributed by atoms with Gasteiger partial charge in [0.25, 0.3) is 11.5 Å². The number of carboxylic acids is 1. The minimum atomic E-state index is -0.975. The van der Waals surface area contributed by atoms with Gasteiger partial charge in [0.15, 0.2) is 0 Å². The van der Waals surface area contributed by atoms with Crippen molar-refractivity contribution in [3.63, 3.8) is 0 Å². The fourth-order valence-electron chi connectivity index (χ4n) is 2.27. The number of aromatic nitrogens is 2. The Kier molecular flexibility index (Phi) is 4.60. The van der Waals surface area contributed by atoms with Crippen molar-refractivity contribution in [1.29, 1.82) is 0 Å². The summed E-state index contributed by atoms with van der Waals surface area (Å²) >= 11 is 1.15. The van der Waals surface area contributed by atoms with Crippen molar-refractivity contribution in [3.05, 3.63) is 26.6 Å². The molecule has 0 saturated carbocycles. The van der Waals surface area contributed by atoms with E-state index >= 15 is 0 Å². The minimum Gasteiger partial charge on any atom is -0.481 e. The van der Waals surface area contributed by atoms with E-state index < -0.39 is 5.97 Å². The van der Waals surface area contributed by atoms with E-state index in [9.17, 15) is 14.4 Å². The first-order valence-electron chi connectivity index (χ1n) is 6.87. The number of nitrogens with zero attached hydrogens (tertiary/aromatic N) is 2. The second-order valence-electron chi connectivity index (χ2n) is 4.84. The van der Waals surface area contributed by atoms with Gasteiger partial charge in [0.05, 0.1) is 16.7 Å². The second kappa shape index (κ2) is 6.27. The fourth-order valence-corrected chi connectivity index (χ4v) is 3.40. The number of carboxylic acid groups (broad SMARTS) is 1. The third-order valence-electron chi connectivity index (χ3n) is 3.39. The van der Waals surface area contributed by atoms with Crippen LogP contribution < -0.4 is 10.9 Å². The van der Waals surface area contributed by atoms with Gasteiger partial charge in [-0.2, -0.15) is 0 Å². The quantitative estimate of drug-likeness (QED) is 0.863. The molecule has 0 radical (unpaired) electrons. The first kappa shape index (κ1) is 16.2. The summed E-state index contributed by atoms with van der Waals surface area (Å²) in [7, 11) is 0. The van der Waals surface area contributed by atoms with Crippen LogP contribution in [0.4, 0.5) is 0 Å². The van der Waals surface area contributed by atoms with Gasteiger partial charge in [-0.25, -0.2) is 4.98 Å². The molecule has 1 amide bonds. The monoisotopic (exact) mass is 323 g/mol. The van der Waals surface area contributed by atoms with Gasteiger partial charge < -0.3 is 10.4 Å². The molecule has 0 aliphatic heterocycles. The Hall–Kier alpha value is -2.22. The minimum absolute atomic E-state index is 0.0491. The molecule has 0 aliphatic rings. The van der Waals surface area contributed by atoms with Crippen LogP contribution in [-0.4, -0.2) is 33.1 Å². The smallest absolute Gasteiger partial charge is 0.305 e. The van der Waals surface area contributed by atoms with Gasteiger partial charge in [-0.3, -0.25) is 19.0 Å². The van der Waals surface area contributed by atoms with Crippen LogP contribution in [0.25, 0.3) is 10.2 Å². The van der Waals surface area contributed by atoms with E-state index in [4.69, 9.17) is 5.11 Å². The summed E-state index contributed by atoms with van der Waals surface area (Å²) in [6.45, 7) is 5.90. The van der Waals surface area contributed by atoms with Gasteiger partial charge in [0, 0.05) is 13.1 Å². The van der Waals surface area contributed by atoms with E-state index in [1.807, 2.05) is 6.92 Å². The maximum atomic E-state index is 12.5. The van der Waals surface area contributed by atoms with Crippen LogP contribution >= 0.6 is 11.3 Å². The Morgan fingerprint density at radius 3 is 2.64 bits per heavy atom. The van der Waals surface area contributed by atoms with Crippen molar-refractivity contribution in [1.82, 2.24) is 14.9 Å². The van der Waals surface area contributed by atoms with Gasteiger partial charge in [-0.15, -0.1) is 11.3 Å². The maximum absolute atomic E-state index is 12.5. The SMILES string of the molecule is CCn1c(C)nc2sc(C(=O)NCCC(=O)O)c(C)c2c1=O. The van der Waals surface area contributed by atoms with Gasteiger partial charge in [0.1, 0.15) is 10.7 Å². The molecular weight excluding hydrogens is 306 g/mol. The largest absolute Gasteiger partial charge is 0.481 e. The van der Waals surface area contributed by atoms with Crippen LogP contribution in [0.15, 0.2) is 4.79 Å². The van der Waals surface area contributed by atoms with Crippen molar-refractivity contribution in [2.75, 3.05) is 6.54 Å². The first-order valence-corrected chi connectivity index (χ1v) is 7.69. The number of hydrogen-bond acceptors (Lipinski definition) is 5. The molecule has 0 fully saturated rings. The number of thiophene rings is 1. The number of aliphatic carboxylic acids is 1. The highest BCUT2D eigenvalue weighted by molar-refractivity contribution is 7.20. The van der Waals surface area contributed by atoms with Crippen molar-refractivity contribution >= 4 is 33.4 Å². The van der Waals surface area contributed by atoms with Crippen molar-refractivity contribution in [2.45, 2.75) is 33.7 Å². The van der Waals surface area contributed by atoms with Crippen LogP contribution in [0.1, 0.15) is 34.4 Å². The molecule has 7 nitrogen and oxygen atoms in total. The molecule has 0 unspecified atom stereocenters. The highest BCUT2D eigenvalue weighted by atomic mass is 32.1. The number of amides is 1. The summed E-state index contributed by atoms with van der Waals surface area (Å²) in [4.78, 5) is 40.4. The molecule has 0 saturated heterocycles. The summed E-state index contributed by atoms with van der Waals surface area (Å²) in [5.74, 6) is -0.738. The van der Waals surface area contributed by atoms with E-state index in [2.05, 4.69) is 10.3 Å². The Labute approximate surface area is 130 Å². The molecule has 2 aromatic heterocycles. The molecule has 0 aromatic carbocycles. The third-order valence-corrected chi connectivity index (χ3v) is 4.57. The average Bonchev–Trinajstić information content (AvgIpc) is 2.75. The summed E-state index contributed by atoms with van der Waals surface area (Å²) in [6, 6.07) is 0. The van der Waals surface area contributed by atoms with E-state index in [0.717, 1.165) is 11.3 Å².